The van der Waals surface area contributed by atoms with Gasteiger partial charge in [0, 0.05) is 6.54 Å². The number of nitrogens with one attached hydrogen (secondary N) is 1. The fourth-order valence-corrected chi connectivity index (χ4v) is 0.319. The van der Waals surface area contributed by atoms with Gasteiger partial charge in [0.15, 0.2) is 0 Å². The van der Waals surface area contributed by atoms with E-state index < -0.39 is 6.10 Å². The third-order valence-electron chi connectivity index (χ3n) is 0.616. The first kappa shape index (κ1) is 7.52. The molecule has 0 radical (unpaired) electrons. The van der Waals surface area contributed by atoms with E-state index in [0.717, 1.165) is 0 Å². The zero-order chi connectivity index (χ0) is 6.41. The zero-order valence-electron chi connectivity index (χ0n) is 4.79. The molecule has 0 bridgehead atoms. The van der Waals surface area contributed by atoms with Crippen LogP contribution in [0.3, 0.4) is 0 Å². The lowest BCUT2D eigenvalue weighted by Gasteiger charge is -2.00. The van der Waals surface area contributed by atoms with E-state index in [9.17, 15) is 4.91 Å². The SMILES string of the molecule is CC(O)CNCN=O. The monoisotopic (exact) mass is 118 g/mol. The number of nitrogens with zero attached hydrogens (tertiary/aromatic N) is 1. The first-order chi connectivity index (χ1) is 3.77. The number of hydrogen-bond acceptors (Lipinski definition) is 4. The van der Waals surface area contributed by atoms with Crippen molar-refractivity contribution < 1.29 is 5.11 Å². The van der Waals surface area contributed by atoms with Gasteiger partial charge in [-0.3, -0.25) is 5.32 Å². The van der Waals surface area contributed by atoms with Crippen molar-refractivity contribution in [3.8, 4) is 0 Å². The Kier molecular flexibility index (Phi) is 4.39. The average Bonchev–Trinajstić information content (AvgIpc) is 1.66. The minimum Gasteiger partial charge on any atom is -0.392 e. The maximum absolute atomic E-state index is 9.39. The van der Waals surface area contributed by atoms with Crippen LogP contribution in [-0.4, -0.2) is 24.4 Å². The normalized spacial score (nSPS) is 13.2. The van der Waals surface area contributed by atoms with Gasteiger partial charge in [0.05, 0.1) is 6.10 Å². The molecule has 2 N–H and O–H groups in total. The molecular formula is C4H10N2O2. The van der Waals surface area contributed by atoms with E-state index in [4.69, 9.17) is 5.11 Å². The molecule has 0 aliphatic carbocycles. The van der Waals surface area contributed by atoms with E-state index in [1.54, 1.807) is 6.92 Å². The first-order valence-electron chi connectivity index (χ1n) is 2.45. The molecule has 0 rings (SSSR count). The van der Waals surface area contributed by atoms with E-state index in [1.807, 2.05) is 0 Å². The molecule has 0 aromatic rings. The molecule has 1 unspecified atom stereocenters. The predicted molar refractivity (Wildman–Crippen MR) is 30.3 cm³/mol. The molecule has 48 valence electrons. The van der Waals surface area contributed by atoms with Crippen molar-refractivity contribution in [3.05, 3.63) is 4.91 Å². The van der Waals surface area contributed by atoms with Crippen molar-refractivity contribution in [2.45, 2.75) is 13.0 Å². The van der Waals surface area contributed by atoms with Gasteiger partial charge in [-0.2, -0.15) is 0 Å². The van der Waals surface area contributed by atoms with Crippen molar-refractivity contribution in [1.82, 2.24) is 5.32 Å². The summed E-state index contributed by atoms with van der Waals surface area (Å²) >= 11 is 0. The van der Waals surface area contributed by atoms with E-state index in [-0.39, 0.29) is 6.67 Å². The van der Waals surface area contributed by atoms with Crippen molar-refractivity contribution in [2.24, 2.45) is 5.18 Å². The second-order valence-electron chi connectivity index (χ2n) is 1.59. The van der Waals surface area contributed by atoms with Crippen LogP contribution in [0.4, 0.5) is 0 Å². The summed E-state index contributed by atoms with van der Waals surface area (Å²) in [5.74, 6) is 0. The second-order valence-corrected chi connectivity index (χ2v) is 1.59. The Morgan fingerprint density at radius 1 is 1.88 bits per heavy atom. The molecule has 0 fully saturated rings. The van der Waals surface area contributed by atoms with Crippen molar-refractivity contribution >= 4 is 0 Å². The fourth-order valence-electron chi connectivity index (χ4n) is 0.319. The van der Waals surface area contributed by atoms with Crippen LogP contribution in [-0.2, 0) is 0 Å². The third kappa shape index (κ3) is 5.52. The number of rotatable bonds is 4. The maximum Gasteiger partial charge on any atom is 0.131 e. The van der Waals surface area contributed by atoms with Gasteiger partial charge in [-0.1, -0.05) is 5.18 Å². The lowest BCUT2D eigenvalue weighted by Crippen LogP contribution is -2.23. The summed E-state index contributed by atoms with van der Waals surface area (Å²) in [6, 6.07) is 0. The van der Waals surface area contributed by atoms with Crippen LogP contribution in [0.15, 0.2) is 5.18 Å². The standard InChI is InChI=1S/C4H10N2O2/c1-4(7)2-5-3-6-8/h4-5,7H,2-3H2,1H3. The van der Waals surface area contributed by atoms with Crippen molar-refractivity contribution in [2.75, 3.05) is 13.2 Å². The maximum atomic E-state index is 9.39. The number of aliphatic hydroxyl groups is 1. The van der Waals surface area contributed by atoms with Gasteiger partial charge in [-0.25, -0.2) is 0 Å². The molecule has 4 heteroatoms. The second kappa shape index (κ2) is 4.67. The van der Waals surface area contributed by atoms with Crippen molar-refractivity contribution in [3.63, 3.8) is 0 Å². The highest BCUT2D eigenvalue weighted by atomic mass is 16.3. The minimum atomic E-state index is -0.406. The third-order valence-corrected chi connectivity index (χ3v) is 0.616. The minimum absolute atomic E-state index is 0.0743. The summed E-state index contributed by atoms with van der Waals surface area (Å²) in [7, 11) is 0. The Labute approximate surface area is 47.9 Å². The van der Waals surface area contributed by atoms with E-state index in [1.165, 1.54) is 0 Å². The van der Waals surface area contributed by atoms with E-state index >= 15 is 0 Å². The van der Waals surface area contributed by atoms with Gasteiger partial charge in [0.25, 0.3) is 0 Å². The average molecular weight is 118 g/mol. The molecule has 0 aliphatic rings. The summed E-state index contributed by atoms with van der Waals surface area (Å²) < 4.78 is 0. The van der Waals surface area contributed by atoms with E-state index in [2.05, 4.69) is 10.5 Å². The van der Waals surface area contributed by atoms with Crippen molar-refractivity contribution in [1.29, 1.82) is 0 Å². The number of nitroso groups, excluding NO2 is 1. The quantitative estimate of drug-likeness (QED) is 0.393. The van der Waals surface area contributed by atoms with Crippen LogP contribution in [0, 0.1) is 4.91 Å². The first-order valence-corrected chi connectivity index (χ1v) is 2.45. The molecule has 1 atom stereocenters. The molecule has 0 amide bonds. The molecule has 4 nitrogen and oxygen atoms in total. The highest BCUT2D eigenvalue weighted by Crippen LogP contribution is 1.72. The summed E-state index contributed by atoms with van der Waals surface area (Å²) in [6.07, 6.45) is -0.406. The summed E-state index contributed by atoms with van der Waals surface area (Å²) in [4.78, 5) is 9.39. The topological polar surface area (TPSA) is 61.7 Å². The van der Waals surface area contributed by atoms with E-state index in [0.29, 0.717) is 6.54 Å². The lowest BCUT2D eigenvalue weighted by atomic mass is 10.4. The molecule has 8 heavy (non-hydrogen) atoms. The summed E-state index contributed by atoms with van der Waals surface area (Å²) in [6.45, 7) is 2.13. The van der Waals surface area contributed by atoms with Gasteiger partial charge in [-0.05, 0) is 6.92 Å². The molecule has 0 heterocycles. The largest absolute Gasteiger partial charge is 0.392 e. The highest BCUT2D eigenvalue weighted by Gasteiger charge is 1.90. The van der Waals surface area contributed by atoms with Crippen LogP contribution in [0.25, 0.3) is 0 Å². The predicted octanol–water partition coefficient (Wildman–Crippen LogP) is -0.319. The van der Waals surface area contributed by atoms with Gasteiger partial charge in [0.1, 0.15) is 6.67 Å². The van der Waals surface area contributed by atoms with Crippen LogP contribution in [0.1, 0.15) is 6.92 Å². The number of aliphatic hydroxyl groups excluding tert-OH is 1. The summed E-state index contributed by atoms with van der Waals surface area (Å²) in [5, 5.41) is 13.7. The van der Waals surface area contributed by atoms with Gasteiger partial charge >= 0.3 is 0 Å². The molecule has 0 aromatic heterocycles. The Balaban J connectivity index is 2.81. The van der Waals surface area contributed by atoms with Gasteiger partial charge in [-0.15, -0.1) is 4.91 Å². The smallest absolute Gasteiger partial charge is 0.131 e. The molecule has 0 spiro atoms. The molecular weight excluding hydrogens is 108 g/mol. The Morgan fingerprint density at radius 3 is 2.88 bits per heavy atom. The molecule has 0 aliphatic heterocycles. The Hall–Kier alpha value is -0.480. The Bertz CT molecular complexity index is 65.1. The zero-order valence-corrected chi connectivity index (χ0v) is 4.79. The van der Waals surface area contributed by atoms with Crippen LogP contribution in [0.2, 0.25) is 0 Å². The summed E-state index contributed by atoms with van der Waals surface area (Å²) in [5.41, 5.74) is 0. The highest BCUT2D eigenvalue weighted by molar-refractivity contribution is 4.49. The van der Waals surface area contributed by atoms with Crippen LogP contribution >= 0.6 is 0 Å². The molecule has 0 aromatic carbocycles. The number of hydrogen-bond donors (Lipinski definition) is 2. The Morgan fingerprint density at radius 2 is 2.50 bits per heavy atom. The van der Waals surface area contributed by atoms with Crippen LogP contribution in [0.5, 0.6) is 0 Å². The molecule has 0 saturated heterocycles. The van der Waals surface area contributed by atoms with Gasteiger partial charge < -0.3 is 5.11 Å². The van der Waals surface area contributed by atoms with Crippen LogP contribution < -0.4 is 5.32 Å². The van der Waals surface area contributed by atoms with Gasteiger partial charge in [0.2, 0.25) is 0 Å². The lowest BCUT2D eigenvalue weighted by molar-refractivity contribution is 0.192. The molecule has 0 saturated carbocycles. The fraction of sp³-hybridized carbons (Fsp3) is 1.00.